The topological polar surface area (TPSA) is 58.6 Å². The number of carbonyl (C=O) groups excluding carboxylic acids is 2. The normalized spacial score (nSPS) is 30.1. The fourth-order valence-electron chi connectivity index (χ4n) is 2.29. The number of rotatable bonds is 4. The summed E-state index contributed by atoms with van der Waals surface area (Å²) in [7, 11) is 1.62. The van der Waals surface area contributed by atoms with E-state index in [0.717, 1.165) is 6.42 Å². The quantitative estimate of drug-likeness (QED) is 0.491. The van der Waals surface area contributed by atoms with Crippen LogP contribution in [0.1, 0.15) is 6.42 Å². The molecule has 15 heavy (non-hydrogen) atoms. The molecule has 0 aliphatic carbocycles. The maximum Gasteiger partial charge on any atom is 0.234 e. The SMILES string of the molecule is COCCCN1C(=O)[C@H]2CNC[C@H]2C1=O. The molecule has 2 rings (SSSR count). The van der Waals surface area contributed by atoms with Crippen molar-refractivity contribution in [2.45, 2.75) is 6.42 Å². The first kappa shape index (κ1) is 10.6. The standard InChI is InChI=1S/C10H16N2O3/c1-15-4-2-3-12-9(13)7-5-11-6-8(7)10(12)14/h7-8,11H,2-6H2,1H3/t7-,8+. The highest BCUT2D eigenvalue weighted by molar-refractivity contribution is 6.05. The van der Waals surface area contributed by atoms with Crippen molar-refractivity contribution in [2.75, 3.05) is 33.4 Å². The highest BCUT2D eigenvalue weighted by Gasteiger charge is 2.49. The fraction of sp³-hybridized carbons (Fsp3) is 0.800. The Hall–Kier alpha value is -0.940. The molecule has 2 saturated heterocycles. The molecule has 2 amide bonds. The monoisotopic (exact) mass is 212 g/mol. The van der Waals surface area contributed by atoms with E-state index in [4.69, 9.17) is 4.74 Å². The second-order valence-electron chi connectivity index (χ2n) is 4.05. The molecule has 0 bridgehead atoms. The summed E-state index contributed by atoms with van der Waals surface area (Å²) < 4.78 is 4.90. The molecular weight excluding hydrogens is 196 g/mol. The second-order valence-corrected chi connectivity index (χ2v) is 4.05. The summed E-state index contributed by atoms with van der Waals surface area (Å²) in [5, 5.41) is 3.08. The third kappa shape index (κ3) is 1.77. The van der Waals surface area contributed by atoms with Crippen molar-refractivity contribution in [1.82, 2.24) is 10.2 Å². The Morgan fingerprint density at radius 1 is 1.33 bits per heavy atom. The molecule has 5 heteroatoms. The Kier molecular flexibility index (Phi) is 3.02. The number of fused-ring (bicyclic) bond motifs is 1. The minimum absolute atomic E-state index is 0.00824. The van der Waals surface area contributed by atoms with Crippen LogP contribution in [0, 0.1) is 11.8 Å². The lowest BCUT2D eigenvalue weighted by atomic mass is 10.00. The molecule has 0 spiro atoms. The molecule has 2 heterocycles. The van der Waals surface area contributed by atoms with Crippen molar-refractivity contribution in [1.29, 1.82) is 0 Å². The molecule has 0 unspecified atom stereocenters. The van der Waals surface area contributed by atoms with Gasteiger partial charge in [0.25, 0.3) is 0 Å². The minimum Gasteiger partial charge on any atom is -0.385 e. The molecule has 0 radical (unpaired) electrons. The Labute approximate surface area is 88.8 Å². The van der Waals surface area contributed by atoms with Gasteiger partial charge in [-0.15, -0.1) is 0 Å². The number of ether oxygens (including phenoxy) is 1. The lowest BCUT2D eigenvalue weighted by molar-refractivity contribution is -0.140. The molecule has 2 atom stereocenters. The third-order valence-electron chi connectivity index (χ3n) is 3.11. The zero-order valence-electron chi connectivity index (χ0n) is 8.86. The maximum absolute atomic E-state index is 11.8. The maximum atomic E-state index is 11.8. The van der Waals surface area contributed by atoms with Gasteiger partial charge in [-0.05, 0) is 6.42 Å². The van der Waals surface area contributed by atoms with E-state index in [1.807, 2.05) is 0 Å². The number of carbonyl (C=O) groups is 2. The predicted molar refractivity (Wildman–Crippen MR) is 53.1 cm³/mol. The van der Waals surface area contributed by atoms with Crippen LogP contribution >= 0.6 is 0 Å². The summed E-state index contributed by atoms with van der Waals surface area (Å²) in [5.41, 5.74) is 0. The Morgan fingerprint density at radius 2 is 1.93 bits per heavy atom. The van der Waals surface area contributed by atoms with Crippen molar-refractivity contribution < 1.29 is 14.3 Å². The number of likely N-dealkylation sites (tertiary alicyclic amines) is 1. The number of hydrogen-bond donors (Lipinski definition) is 1. The van der Waals surface area contributed by atoms with E-state index in [0.29, 0.717) is 26.2 Å². The van der Waals surface area contributed by atoms with Gasteiger partial charge in [0.2, 0.25) is 11.8 Å². The Bertz CT molecular complexity index is 258. The number of amides is 2. The molecule has 5 nitrogen and oxygen atoms in total. The van der Waals surface area contributed by atoms with Gasteiger partial charge in [-0.1, -0.05) is 0 Å². The summed E-state index contributed by atoms with van der Waals surface area (Å²) in [5.74, 6) is -0.239. The molecule has 2 aliphatic rings. The van der Waals surface area contributed by atoms with Crippen LogP contribution in [0.3, 0.4) is 0 Å². The van der Waals surface area contributed by atoms with E-state index in [-0.39, 0.29) is 23.7 Å². The van der Waals surface area contributed by atoms with Crippen molar-refractivity contribution in [3.63, 3.8) is 0 Å². The van der Waals surface area contributed by atoms with Gasteiger partial charge in [-0.3, -0.25) is 14.5 Å². The van der Waals surface area contributed by atoms with Crippen LogP contribution in [0.4, 0.5) is 0 Å². The Balaban J connectivity index is 1.95. The average molecular weight is 212 g/mol. The van der Waals surface area contributed by atoms with E-state index in [1.165, 1.54) is 4.90 Å². The van der Waals surface area contributed by atoms with E-state index in [9.17, 15) is 9.59 Å². The summed E-state index contributed by atoms with van der Waals surface area (Å²) in [4.78, 5) is 25.0. The van der Waals surface area contributed by atoms with Crippen LogP contribution < -0.4 is 5.32 Å². The van der Waals surface area contributed by atoms with Gasteiger partial charge in [0.15, 0.2) is 0 Å². The molecule has 0 saturated carbocycles. The summed E-state index contributed by atoms with van der Waals surface area (Å²) in [6, 6.07) is 0. The van der Waals surface area contributed by atoms with Gasteiger partial charge in [-0.2, -0.15) is 0 Å². The molecule has 1 N–H and O–H groups in total. The van der Waals surface area contributed by atoms with Crippen molar-refractivity contribution >= 4 is 11.8 Å². The first-order valence-electron chi connectivity index (χ1n) is 5.30. The Morgan fingerprint density at radius 3 is 2.47 bits per heavy atom. The van der Waals surface area contributed by atoms with Gasteiger partial charge in [0.1, 0.15) is 0 Å². The van der Waals surface area contributed by atoms with Crippen LogP contribution in [0.2, 0.25) is 0 Å². The van der Waals surface area contributed by atoms with Gasteiger partial charge in [-0.25, -0.2) is 0 Å². The molecule has 84 valence electrons. The number of nitrogens with one attached hydrogen (secondary N) is 1. The smallest absolute Gasteiger partial charge is 0.234 e. The first-order valence-corrected chi connectivity index (χ1v) is 5.30. The van der Waals surface area contributed by atoms with Gasteiger partial charge in [0, 0.05) is 33.4 Å². The second kappa shape index (κ2) is 4.28. The average Bonchev–Trinajstić information content (AvgIpc) is 2.77. The zero-order valence-corrected chi connectivity index (χ0v) is 8.86. The van der Waals surface area contributed by atoms with E-state index in [1.54, 1.807) is 7.11 Å². The first-order chi connectivity index (χ1) is 7.25. The molecule has 2 aliphatic heterocycles. The van der Waals surface area contributed by atoms with E-state index >= 15 is 0 Å². The number of hydrogen-bond acceptors (Lipinski definition) is 4. The molecule has 2 fully saturated rings. The van der Waals surface area contributed by atoms with Crippen molar-refractivity contribution in [3.05, 3.63) is 0 Å². The van der Waals surface area contributed by atoms with Crippen LogP contribution in [-0.4, -0.2) is 50.1 Å². The van der Waals surface area contributed by atoms with Crippen molar-refractivity contribution in [2.24, 2.45) is 11.8 Å². The van der Waals surface area contributed by atoms with Crippen molar-refractivity contribution in [3.8, 4) is 0 Å². The molecule has 0 aromatic rings. The lowest BCUT2D eigenvalue weighted by Crippen LogP contribution is -2.35. The van der Waals surface area contributed by atoms with Gasteiger partial charge in [0.05, 0.1) is 11.8 Å². The molecule has 0 aromatic carbocycles. The zero-order chi connectivity index (χ0) is 10.8. The van der Waals surface area contributed by atoms with Crippen LogP contribution in [0.5, 0.6) is 0 Å². The van der Waals surface area contributed by atoms with Crippen LogP contribution in [0.15, 0.2) is 0 Å². The number of imide groups is 1. The highest BCUT2D eigenvalue weighted by atomic mass is 16.5. The minimum atomic E-state index is -0.111. The van der Waals surface area contributed by atoms with E-state index in [2.05, 4.69) is 5.32 Å². The number of methoxy groups -OCH3 is 1. The number of nitrogens with zero attached hydrogens (tertiary/aromatic N) is 1. The lowest BCUT2D eigenvalue weighted by Gasteiger charge is -2.15. The largest absolute Gasteiger partial charge is 0.385 e. The summed E-state index contributed by atoms with van der Waals surface area (Å²) in [6.45, 7) is 2.38. The van der Waals surface area contributed by atoms with Gasteiger partial charge >= 0.3 is 0 Å². The predicted octanol–water partition coefficient (Wildman–Crippen LogP) is -0.773. The van der Waals surface area contributed by atoms with Crippen LogP contribution in [0.25, 0.3) is 0 Å². The summed E-state index contributed by atoms with van der Waals surface area (Å²) >= 11 is 0. The molecule has 0 aromatic heterocycles. The summed E-state index contributed by atoms with van der Waals surface area (Å²) in [6.07, 6.45) is 0.723. The third-order valence-corrected chi connectivity index (χ3v) is 3.11. The fourth-order valence-corrected chi connectivity index (χ4v) is 2.29. The molecular formula is C10H16N2O3. The highest BCUT2D eigenvalue weighted by Crippen LogP contribution is 2.28. The van der Waals surface area contributed by atoms with Gasteiger partial charge < -0.3 is 10.1 Å². The van der Waals surface area contributed by atoms with E-state index < -0.39 is 0 Å². The van der Waals surface area contributed by atoms with Crippen LogP contribution in [-0.2, 0) is 14.3 Å².